The van der Waals surface area contributed by atoms with Crippen molar-refractivity contribution in [2.45, 2.75) is 0 Å². The van der Waals surface area contributed by atoms with Crippen LogP contribution >= 0.6 is 11.3 Å². The van der Waals surface area contributed by atoms with Crippen molar-refractivity contribution in [2.75, 3.05) is 0 Å². The molecule has 112 valence electrons. The van der Waals surface area contributed by atoms with Crippen LogP contribution in [0.2, 0.25) is 0 Å². The summed E-state index contributed by atoms with van der Waals surface area (Å²) in [6.07, 6.45) is 0. The van der Waals surface area contributed by atoms with E-state index in [2.05, 4.69) is 23.6 Å². The van der Waals surface area contributed by atoms with Crippen LogP contribution in [0.4, 0.5) is 0 Å². The topological polar surface area (TPSA) is 43.4 Å². The van der Waals surface area contributed by atoms with Gasteiger partial charge in [0.05, 0.1) is 11.1 Å². The molecule has 2 heterocycles. The molecule has 0 fully saturated rings. The van der Waals surface area contributed by atoms with E-state index < -0.39 is 11.9 Å². The third kappa shape index (κ3) is 1.26. The van der Waals surface area contributed by atoms with Gasteiger partial charge < -0.3 is 4.74 Å². The lowest BCUT2D eigenvalue weighted by molar-refractivity contribution is 0.0391. The van der Waals surface area contributed by atoms with E-state index in [1.807, 2.05) is 12.1 Å². The molecule has 4 heteroatoms. The van der Waals surface area contributed by atoms with Gasteiger partial charge in [-0.2, -0.15) is 0 Å². The number of ether oxygens (including phenoxy) is 1. The highest BCUT2D eigenvalue weighted by molar-refractivity contribution is 7.18. The molecule has 24 heavy (non-hydrogen) atoms. The molecule has 0 N–H and O–H groups in total. The fourth-order valence-electron chi connectivity index (χ4n) is 3.99. The molecule has 0 amide bonds. The van der Waals surface area contributed by atoms with Gasteiger partial charge in [0.1, 0.15) is 0 Å². The zero-order chi connectivity index (χ0) is 16.0. The smallest absolute Gasteiger partial charge is 0.346 e. The van der Waals surface area contributed by atoms with Gasteiger partial charge in [0.15, 0.2) is 0 Å². The Morgan fingerprint density at radius 1 is 0.667 bits per heavy atom. The Bertz CT molecular complexity index is 1340. The second kappa shape index (κ2) is 3.91. The zero-order valence-corrected chi connectivity index (χ0v) is 13.1. The molecule has 1 aliphatic heterocycles. The largest absolute Gasteiger partial charge is 0.386 e. The molecule has 4 aromatic carbocycles. The van der Waals surface area contributed by atoms with Gasteiger partial charge in [-0.25, -0.2) is 9.59 Å². The third-order valence-corrected chi connectivity index (χ3v) is 5.91. The lowest BCUT2D eigenvalue weighted by atomic mass is 9.88. The van der Waals surface area contributed by atoms with Crippen molar-refractivity contribution < 1.29 is 14.3 Å². The molecule has 0 radical (unpaired) electrons. The number of carbonyl (C=O) groups excluding carboxylic acids is 2. The number of hydrogen-bond donors (Lipinski definition) is 0. The predicted octanol–water partition coefficient (Wildman–Crippen LogP) is 5.11. The number of benzene rings is 4. The van der Waals surface area contributed by atoms with Gasteiger partial charge in [-0.3, -0.25) is 0 Å². The minimum Gasteiger partial charge on any atom is -0.386 e. The minimum absolute atomic E-state index is 0.469. The Balaban J connectivity index is 2.04. The molecular formula is C20H8O3S. The number of thiophene rings is 1. The first kappa shape index (κ1) is 12.4. The minimum atomic E-state index is -0.564. The van der Waals surface area contributed by atoms with Crippen LogP contribution in [-0.4, -0.2) is 11.9 Å². The molecule has 0 bridgehead atoms. The summed E-state index contributed by atoms with van der Waals surface area (Å²) in [5.74, 6) is -1.13. The zero-order valence-electron chi connectivity index (χ0n) is 12.3. The molecule has 0 saturated carbocycles. The summed E-state index contributed by atoms with van der Waals surface area (Å²) in [7, 11) is 0. The summed E-state index contributed by atoms with van der Waals surface area (Å²) in [4.78, 5) is 24.3. The first-order valence-corrected chi connectivity index (χ1v) is 8.49. The maximum Gasteiger partial charge on any atom is 0.346 e. The summed E-state index contributed by atoms with van der Waals surface area (Å²) < 4.78 is 6.12. The molecule has 6 rings (SSSR count). The van der Waals surface area contributed by atoms with Crippen LogP contribution in [0.1, 0.15) is 20.7 Å². The summed E-state index contributed by atoms with van der Waals surface area (Å²) in [6, 6.07) is 13.8. The molecule has 1 aliphatic rings. The summed E-state index contributed by atoms with van der Waals surface area (Å²) in [6.45, 7) is 0. The van der Waals surface area contributed by atoms with E-state index >= 15 is 0 Å². The number of hydrogen-bond acceptors (Lipinski definition) is 4. The van der Waals surface area contributed by atoms with Crippen LogP contribution in [0.3, 0.4) is 0 Å². The molecule has 3 nitrogen and oxygen atoms in total. The van der Waals surface area contributed by atoms with Gasteiger partial charge in [0.25, 0.3) is 0 Å². The van der Waals surface area contributed by atoms with Gasteiger partial charge in [0.2, 0.25) is 0 Å². The van der Waals surface area contributed by atoms with E-state index in [1.54, 1.807) is 23.5 Å². The number of fused-ring (bicyclic) bond motifs is 2. The van der Waals surface area contributed by atoms with Crippen LogP contribution < -0.4 is 0 Å². The van der Waals surface area contributed by atoms with Gasteiger partial charge in [-0.05, 0) is 45.1 Å². The van der Waals surface area contributed by atoms with E-state index in [1.165, 1.54) is 15.5 Å². The molecule has 0 atom stereocenters. The first-order chi connectivity index (χ1) is 11.7. The van der Waals surface area contributed by atoms with Crippen molar-refractivity contribution in [2.24, 2.45) is 0 Å². The van der Waals surface area contributed by atoms with Crippen LogP contribution in [-0.2, 0) is 4.74 Å². The maximum atomic E-state index is 12.2. The van der Waals surface area contributed by atoms with Crippen LogP contribution in [0.25, 0.3) is 42.4 Å². The Labute approximate surface area is 139 Å². The monoisotopic (exact) mass is 328 g/mol. The van der Waals surface area contributed by atoms with Crippen molar-refractivity contribution in [1.29, 1.82) is 0 Å². The fourth-order valence-corrected chi connectivity index (χ4v) is 4.97. The van der Waals surface area contributed by atoms with Gasteiger partial charge in [-0.1, -0.05) is 24.3 Å². The molecular weight excluding hydrogens is 320 g/mol. The third-order valence-electron chi connectivity index (χ3n) is 4.97. The number of rotatable bonds is 0. The Kier molecular flexibility index (Phi) is 2.03. The fraction of sp³-hybridized carbons (Fsp3) is 0. The van der Waals surface area contributed by atoms with E-state index in [-0.39, 0.29) is 0 Å². The van der Waals surface area contributed by atoms with Crippen molar-refractivity contribution in [1.82, 2.24) is 0 Å². The Hall–Kier alpha value is -2.98. The van der Waals surface area contributed by atoms with Gasteiger partial charge in [0, 0.05) is 20.9 Å². The highest BCUT2D eigenvalue weighted by atomic mass is 32.1. The second-order valence-corrected chi connectivity index (χ2v) is 6.99. The van der Waals surface area contributed by atoms with E-state index in [9.17, 15) is 9.59 Å². The Morgan fingerprint density at radius 3 is 2.08 bits per heavy atom. The molecule has 0 aliphatic carbocycles. The summed E-state index contributed by atoms with van der Waals surface area (Å²) in [5, 5.41) is 9.60. The maximum absolute atomic E-state index is 12.2. The normalized spacial score (nSPS) is 14.3. The van der Waals surface area contributed by atoms with Crippen molar-refractivity contribution in [3.05, 3.63) is 59.0 Å². The molecule has 5 aromatic rings. The highest BCUT2D eigenvalue weighted by Crippen LogP contribution is 2.44. The number of cyclic esters (lactones) is 2. The van der Waals surface area contributed by atoms with Gasteiger partial charge >= 0.3 is 11.9 Å². The highest BCUT2D eigenvalue weighted by Gasteiger charge is 2.29. The molecule has 0 spiro atoms. The predicted molar refractivity (Wildman–Crippen MR) is 95.3 cm³/mol. The quantitative estimate of drug-likeness (QED) is 0.172. The molecule has 0 saturated heterocycles. The average molecular weight is 328 g/mol. The van der Waals surface area contributed by atoms with Crippen molar-refractivity contribution in [3.63, 3.8) is 0 Å². The van der Waals surface area contributed by atoms with Gasteiger partial charge in [-0.15, -0.1) is 11.3 Å². The average Bonchev–Trinajstić information content (AvgIpc) is 3.03. The molecule has 0 unspecified atom stereocenters. The lowest BCUT2D eigenvalue weighted by Gasteiger charge is -2.19. The molecule has 1 aromatic heterocycles. The van der Waals surface area contributed by atoms with E-state index in [0.717, 1.165) is 26.9 Å². The lowest BCUT2D eigenvalue weighted by Crippen LogP contribution is -2.19. The second-order valence-electron chi connectivity index (χ2n) is 6.08. The SMILES string of the molecule is O=C1OC(=O)c2ccc3c4csc5cccc(c6ccc1c2c63)c54. The summed E-state index contributed by atoms with van der Waals surface area (Å²) in [5.41, 5.74) is 0.937. The standard InChI is InChI=1S/C20H8O3S/c21-19-12-6-4-10-9-2-1-3-15-16(9)14(8-24-15)11-5-7-13(20(22)23-19)18(12)17(10)11/h1-8H. The number of esters is 2. The van der Waals surface area contributed by atoms with Crippen LogP contribution in [0.15, 0.2) is 47.8 Å². The Morgan fingerprint density at radius 2 is 1.33 bits per heavy atom. The van der Waals surface area contributed by atoms with Crippen LogP contribution in [0.5, 0.6) is 0 Å². The van der Waals surface area contributed by atoms with E-state index in [4.69, 9.17) is 4.74 Å². The van der Waals surface area contributed by atoms with Crippen molar-refractivity contribution in [3.8, 4) is 0 Å². The first-order valence-electron chi connectivity index (χ1n) is 7.61. The van der Waals surface area contributed by atoms with Crippen molar-refractivity contribution >= 4 is 65.7 Å². The summed E-state index contributed by atoms with van der Waals surface area (Å²) >= 11 is 1.72. The van der Waals surface area contributed by atoms with Crippen LogP contribution in [0, 0.1) is 0 Å². The van der Waals surface area contributed by atoms with E-state index in [0.29, 0.717) is 11.1 Å². The number of carbonyl (C=O) groups is 2.